The maximum atomic E-state index is 12.5. The molecular weight excluding hydrogens is 338 g/mol. The number of nitrogens with one attached hydrogen (secondary N) is 1. The Labute approximate surface area is 151 Å². The van der Waals surface area contributed by atoms with Gasteiger partial charge in [0.2, 0.25) is 0 Å². The third-order valence-corrected chi connectivity index (χ3v) is 5.86. The van der Waals surface area contributed by atoms with E-state index in [1.165, 1.54) is 23.9 Å². The lowest BCUT2D eigenvalue weighted by molar-refractivity contribution is 0.0697. The Bertz CT molecular complexity index is 744. The molecule has 0 spiro atoms. The van der Waals surface area contributed by atoms with E-state index in [0.29, 0.717) is 29.4 Å². The van der Waals surface area contributed by atoms with Gasteiger partial charge >= 0.3 is 0 Å². The first-order chi connectivity index (χ1) is 12.0. The average Bonchev–Trinajstić information content (AvgIpc) is 3.24. The van der Waals surface area contributed by atoms with Gasteiger partial charge in [-0.25, -0.2) is 4.98 Å². The third-order valence-electron chi connectivity index (χ3n) is 4.40. The highest BCUT2D eigenvalue weighted by atomic mass is 32.1. The first kappa shape index (κ1) is 17.7. The standard InChI is InChI=1S/C18H23N3O3S/c1-11(2)17-19-12(3)15(25-17)16(22)20-14-4-7-21(8-5-14)18(23)13-6-9-24-10-13/h6,9-11,14H,4-5,7-8H2,1-3H3,(H,20,22). The summed E-state index contributed by atoms with van der Waals surface area (Å²) in [5, 5.41) is 4.09. The molecule has 0 aromatic carbocycles. The zero-order chi connectivity index (χ0) is 18.0. The maximum Gasteiger partial charge on any atom is 0.263 e. The Morgan fingerprint density at radius 3 is 2.64 bits per heavy atom. The first-order valence-electron chi connectivity index (χ1n) is 8.55. The molecular formula is C18H23N3O3S. The highest BCUT2D eigenvalue weighted by Crippen LogP contribution is 2.25. The number of rotatable bonds is 4. The van der Waals surface area contributed by atoms with Crippen molar-refractivity contribution in [3.05, 3.63) is 39.7 Å². The van der Waals surface area contributed by atoms with Crippen molar-refractivity contribution in [3.8, 4) is 0 Å². The SMILES string of the molecule is Cc1nc(C(C)C)sc1C(=O)NC1CCN(C(=O)c2ccoc2)CC1. The largest absolute Gasteiger partial charge is 0.472 e. The van der Waals surface area contributed by atoms with Crippen LogP contribution in [-0.4, -0.2) is 40.8 Å². The van der Waals surface area contributed by atoms with Crippen LogP contribution in [0, 0.1) is 6.92 Å². The molecule has 2 aromatic rings. The zero-order valence-electron chi connectivity index (χ0n) is 14.7. The van der Waals surface area contributed by atoms with Crippen LogP contribution in [0.5, 0.6) is 0 Å². The lowest BCUT2D eigenvalue weighted by atomic mass is 10.0. The molecule has 134 valence electrons. The molecule has 25 heavy (non-hydrogen) atoms. The van der Waals surface area contributed by atoms with E-state index in [4.69, 9.17) is 4.42 Å². The van der Waals surface area contributed by atoms with Crippen LogP contribution < -0.4 is 5.32 Å². The van der Waals surface area contributed by atoms with Crippen molar-refractivity contribution in [2.45, 2.75) is 45.6 Å². The molecule has 2 aromatic heterocycles. The molecule has 7 heteroatoms. The second-order valence-corrected chi connectivity index (χ2v) is 7.70. The number of piperidine rings is 1. The zero-order valence-corrected chi connectivity index (χ0v) is 15.6. The number of aryl methyl sites for hydroxylation is 1. The molecule has 0 saturated carbocycles. The average molecular weight is 361 g/mol. The van der Waals surface area contributed by atoms with E-state index in [2.05, 4.69) is 24.1 Å². The molecule has 1 aliphatic rings. The van der Waals surface area contributed by atoms with Crippen molar-refractivity contribution in [2.24, 2.45) is 0 Å². The molecule has 1 N–H and O–H groups in total. The lowest BCUT2D eigenvalue weighted by Crippen LogP contribution is -2.46. The summed E-state index contributed by atoms with van der Waals surface area (Å²) >= 11 is 1.47. The number of aromatic nitrogens is 1. The maximum absolute atomic E-state index is 12.5. The van der Waals surface area contributed by atoms with Gasteiger partial charge in [0.15, 0.2) is 0 Å². The Balaban J connectivity index is 1.55. The Morgan fingerprint density at radius 1 is 1.36 bits per heavy atom. The molecule has 0 aliphatic carbocycles. The predicted octanol–water partition coefficient (Wildman–Crippen LogP) is 3.20. The van der Waals surface area contributed by atoms with E-state index in [1.807, 2.05) is 11.8 Å². The summed E-state index contributed by atoms with van der Waals surface area (Å²) in [6.07, 6.45) is 4.48. The highest BCUT2D eigenvalue weighted by molar-refractivity contribution is 7.13. The summed E-state index contributed by atoms with van der Waals surface area (Å²) in [7, 11) is 0. The van der Waals surface area contributed by atoms with Gasteiger partial charge < -0.3 is 14.6 Å². The van der Waals surface area contributed by atoms with Gasteiger partial charge in [0.1, 0.15) is 11.1 Å². The van der Waals surface area contributed by atoms with Gasteiger partial charge in [0.05, 0.1) is 22.5 Å². The van der Waals surface area contributed by atoms with E-state index in [9.17, 15) is 9.59 Å². The second kappa shape index (κ2) is 7.39. The van der Waals surface area contributed by atoms with Gasteiger partial charge in [0, 0.05) is 25.0 Å². The number of amides is 2. The molecule has 0 bridgehead atoms. The van der Waals surface area contributed by atoms with Gasteiger partial charge in [-0.15, -0.1) is 11.3 Å². The van der Waals surface area contributed by atoms with E-state index in [1.54, 1.807) is 6.07 Å². The van der Waals surface area contributed by atoms with Crippen molar-refractivity contribution in [2.75, 3.05) is 13.1 Å². The van der Waals surface area contributed by atoms with Gasteiger partial charge in [-0.2, -0.15) is 0 Å². The van der Waals surface area contributed by atoms with E-state index in [-0.39, 0.29) is 17.9 Å². The van der Waals surface area contributed by atoms with Crippen LogP contribution in [0.2, 0.25) is 0 Å². The Kier molecular flexibility index (Phi) is 5.22. The number of likely N-dealkylation sites (tertiary alicyclic amines) is 1. The van der Waals surface area contributed by atoms with Crippen molar-refractivity contribution in [1.82, 2.24) is 15.2 Å². The molecule has 3 heterocycles. The van der Waals surface area contributed by atoms with Crippen molar-refractivity contribution in [1.29, 1.82) is 0 Å². The van der Waals surface area contributed by atoms with Crippen LogP contribution in [-0.2, 0) is 0 Å². The fourth-order valence-corrected chi connectivity index (χ4v) is 3.89. The topological polar surface area (TPSA) is 75.4 Å². The summed E-state index contributed by atoms with van der Waals surface area (Å²) in [5.74, 6) is 0.252. The van der Waals surface area contributed by atoms with Gasteiger partial charge in [0.25, 0.3) is 11.8 Å². The van der Waals surface area contributed by atoms with Crippen molar-refractivity contribution >= 4 is 23.2 Å². The molecule has 2 amide bonds. The summed E-state index contributed by atoms with van der Waals surface area (Å²) in [4.78, 5) is 31.8. The fourth-order valence-electron chi connectivity index (χ4n) is 2.92. The third kappa shape index (κ3) is 3.92. The number of carbonyl (C=O) groups is 2. The van der Waals surface area contributed by atoms with Gasteiger partial charge in [-0.3, -0.25) is 9.59 Å². The van der Waals surface area contributed by atoms with Gasteiger partial charge in [-0.1, -0.05) is 13.8 Å². The number of carbonyl (C=O) groups excluding carboxylic acids is 2. The van der Waals surface area contributed by atoms with Crippen LogP contribution >= 0.6 is 11.3 Å². The van der Waals surface area contributed by atoms with Crippen molar-refractivity contribution < 1.29 is 14.0 Å². The summed E-state index contributed by atoms with van der Waals surface area (Å²) in [6.45, 7) is 7.30. The van der Waals surface area contributed by atoms with Crippen LogP contribution in [0.25, 0.3) is 0 Å². The minimum absolute atomic E-state index is 0.0154. The molecule has 0 unspecified atom stereocenters. The highest BCUT2D eigenvalue weighted by Gasteiger charge is 2.26. The predicted molar refractivity (Wildman–Crippen MR) is 96.0 cm³/mol. The van der Waals surface area contributed by atoms with E-state index >= 15 is 0 Å². The monoisotopic (exact) mass is 361 g/mol. The number of thiazole rings is 1. The molecule has 1 fully saturated rings. The number of furan rings is 1. The lowest BCUT2D eigenvalue weighted by Gasteiger charge is -2.32. The van der Waals surface area contributed by atoms with E-state index in [0.717, 1.165) is 23.5 Å². The minimum Gasteiger partial charge on any atom is -0.472 e. The first-order valence-corrected chi connectivity index (χ1v) is 9.37. The summed E-state index contributed by atoms with van der Waals surface area (Å²) in [5.41, 5.74) is 1.36. The molecule has 1 saturated heterocycles. The smallest absolute Gasteiger partial charge is 0.263 e. The number of hydrogen-bond donors (Lipinski definition) is 1. The van der Waals surface area contributed by atoms with Crippen LogP contribution in [0.3, 0.4) is 0 Å². The van der Waals surface area contributed by atoms with Crippen LogP contribution in [0.15, 0.2) is 23.0 Å². The van der Waals surface area contributed by atoms with E-state index < -0.39 is 0 Å². The quantitative estimate of drug-likeness (QED) is 0.907. The molecule has 0 atom stereocenters. The normalized spacial score (nSPS) is 15.6. The molecule has 0 radical (unpaired) electrons. The summed E-state index contributed by atoms with van der Waals surface area (Å²) < 4.78 is 4.97. The molecule has 3 rings (SSSR count). The summed E-state index contributed by atoms with van der Waals surface area (Å²) in [6, 6.07) is 1.76. The molecule has 6 nitrogen and oxygen atoms in total. The number of nitrogens with zero attached hydrogens (tertiary/aromatic N) is 2. The minimum atomic E-state index is -0.0542. The fraction of sp³-hybridized carbons (Fsp3) is 0.500. The number of hydrogen-bond acceptors (Lipinski definition) is 5. The second-order valence-electron chi connectivity index (χ2n) is 6.67. The van der Waals surface area contributed by atoms with Crippen LogP contribution in [0.1, 0.15) is 63.3 Å². The Hall–Kier alpha value is -2.15. The van der Waals surface area contributed by atoms with Crippen molar-refractivity contribution in [3.63, 3.8) is 0 Å². The van der Waals surface area contributed by atoms with Gasteiger partial charge in [-0.05, 0) is 25.8 Å². The molecule has 1 aliphatic heterocycles. The van der Waals surface area contributed by atoms with Crippen LogP contribution in [0.4, 0.5) is 0 Å². The Morgan fingerprint density at radius 2 is 2.08 bits per heavy atom.